The number of anilines is 1. The second-order valence-corrected chi connectivity index (χ2v) is 5.21. The minimum absolute atomic E-state index is 0.132. The molecule has 0 amide bonds. The molecule has 18 heavy (non-hydrogen) atoms. The summed E-state index contributed by atoms with van der Waals surface area (Å²) in [6.45, 7) is 6.23. The maximum absolute atomic E-state index is 13.1. The van der Waals surface area contributed by atoms with Crippen LogP contribution in [0.25, 0.3) is 0 Å². The molecule has 102 valence electrons. The minimum Gasteiger partial charge on any atom is -0.383 e. The first-order valence-electron chi connectivity index (χ1n) is 7.16. The molecule has 0 saturated heterocycles. The highest BCUT2D eigenvalue weighted by molar-refractivity contribution is 5.46. The van der Waals surface area contributed by atoms with Crippen molar-refractivity contribution in [1.29, 1.82) is 0 Å². The van der Waals surface area contributed by atoms with E-state index in [1.807, 2.05) is 12.1 Å². The van der Waals surface area contributed by atoms with Crippen LogP contribution in [0, 0.1) is 12.7 Å². The van der Waals surface area contributed by atoms with E-state index >= 15 is 0 Å². The van der Waals surface area contributed by atoms with Gasteiger partial charge >= 0.3 is 0 Å². The Kier molecular flexibility index (Phi) is 6.77. The van der Waals surface area contributed by atoms with Gasteiger partial charge in [-0.1, -0.05) is 39.0 Å². The molecule has 0 saturated carbocycles. The van der Waals surface area contributed by atoms with E-state index in [0.29, 0.717) is 11.6 Å². The Morgan fingerprint density at radius 1 is 1.17 bits per heavy atom. The van der Waals surface area contributed by atoms with Crippen LogP contribution in [-0.2, 0) is 0 Å². The van der Waals surface area contributed by atoms with Crippen molar-refractivity contribution in [2.45, 2.75) is 65.3 Å². The molecule has 0 fully saturated rings. The molecule has 0 heterocycles. The van der Waals surface area contributed by atoms with Crippen LogP contribution in [0.2, 0.25) is 0 Å². The molecule has 1 unspecified atom stereocenters. The van der Waals surface area contributed by atoms with Gasteiger partial charge in [0.1, 0.15) is 5.82 Å². The summed E-state index contributed by atoms with van der Waals surface area (Å²) in [6.07, 6.45) is 7.76. The summed E-state index contributed by atoms with van der Waals surface area (Å²) in [4.78, 5) is 0. The van der Waals surface area contributed by atoms with Crippen LogP contribution in [0.15, 0.2) is 18.2 Å². The van der Waals surface area contributed by atoms with E-state index in [-0.39, 0.29) is 5.82 Å². The monoisotopic (exact) mass is 251 g/mol. The van der Waals surface area contributed by atoms with E-state index in [9.17, 15) is 4.39 Å². The third kappa shape index (κ3) is 5.52. The van der Waals surface area contributed by atoms with Gasteiger partial charge in [0.15, 0.2) is 0 Å². The molecule has 1 aromatic rings. The molecule has 2 heteroatoms. The van der Waals surface area contributed by atoms with E-state index < -0.39 is 0 Å². The summed E-state index contributed by atoms with van der Waals surface area (Å²) in [5.41, 5.74) is 1.73. The maximum Gasteiger partial charge on any atom is 0.126 e. The molecule has 1 nitrogen and oxygen atoms in total. The highest BCUT2D eigenvalue weighted by atomic mass is 19.1. The molecule has 0 radical (unpaired) electrons. The molecule has 1 N–H and O–H groups in total. The fraction of sp³-hybridized carbons (Fsp3) is 0.625. The van der Waals surface area contributed by atoms with Gasteiger partial charge in [-0.25, -0.2) is 4.39 Å². The van der Waals surface area contributed by atoms with Crippen LogP contribution in [0.3, 0.4) is 0 Å². The molecule has 0 aliphatic rings. The second kappa shape index (κ2) is 8.12. The van der Waals surface area contributed by atoms with Crippen LogP contribution in [0.1, 0.15) is 57.9 Å². The van der Waals surface area contributed by atoms with Gasteiger partial charge < -0.3 is 5.32 Å². The number of nitrogens with one attached hydrogen (secondary N) is 1. The normalized spacial score (nSPS) is 12.4. The first-order valence-corrected chi connectivity index (χ1v) is 7.16. The van der Waals surface area contributed by atoms with Crippen LogP contribution in [0.4, 0.5) is 10.1 Å². The summed E-state index contributed by atoms with van der Waals surface area (Å²) in [7, 11) is 0. The molecular formula is C16H26FN. The predicted molar refractivity (Wildman–Crippen MR) is 77.6 cm³/mol. The zero-order chi connectivity index (χ0) is 13.4. The third-order valence-electron chi connectivity index (χ3n) is 3.31. The Morgan fingerprint density at radius 3 is 2.56 bits per heavy atom. The number of rotatable bonds is 8. The molecule has 0 aliphatic carbocycles. The Bertz CT molecular complexity index is 349. The topological polar surface area (TPSA) is 12.0 Å². The Balaban J connectivity index is 2.26. The van der Waals surface area contributed by atoms with Crippen molar-refractivity contribution >= 4 is 5.69 Å². The van der Waals surface area contributed by atoms with Gasteiger partial charge in [0.05, 0.1) is 0 Å². The van der Waals surface area contributed by atoms with Crippen molar-refractivity contribution < 1.29 is 4.39 Å². The lowest BCUT2D eigenvalue weighted by Gasteiger charge is -2.15. The largest absolute Gasteiger partial charge is 0.383 e. The van der Waals surface area contributed by atoms with E-state index in [2.05, 4.69) is 19.2 Å². The van der Waals surface area contributed by atoms with Gasteiger partial charge in [-0.15, -0.1) is 0 Å². The van der Waals surface area contributed by atoms with Crippen molar-refractivity contribution in [3.8, 4) is 0 Å². The van der Waals surface area contributed by atoms with E-state index in [0.717, 1.165) is 5.69 Å². The van der Waals surface area contributed by atoms with Gasteiger partial charge in [-0.3, -0.25) is 0 Å². The third-order valence-corrected chi connectivity index (χ3v) is 3.31. The lowest BCUT2D eigenvalue weighted by molar-refractivity contribution is 0.578. The quantitative estimate of drug-likeness (QED) is 0.619. The fourth-order valence-electron chi connectivity index (χ4n) is 2.15. The molecule has 0 aliphatic heterocycles. The lowest BCUT2D eigenvalue weighted by atomic mass is 10.1. The van der Waals surface area contributed by atoms with Gasteiger partial charge in [0.2, 0.25) is 0 Å². The molecule has 1 atom stereocenters. The van der Waals surface area contributed by atoms with E-state index in [1.54, 1.807) is 6.92 Å². The van der Waals surface area contributed by atoms with Crippen LogP contribution >= 0.6 is 0 Å². The first kappa shape index (κ1) is 15.0. The highest BCUT2D eigenvalue weighted by Crippen LogP contribution is 2.16. The summed E-state index contributed by atoms with van der Waals surface area (Å²) < 4.78 is 13.1. The summed E-state index contributed by atoms with van der Waals surface area (Å²) in [5.74, 6) is -0.132. The molecule has 1 rings (SSSR count). The maximum atomic E-state index is 13.1. The number of hydrogen-bond acceptors (Lipinski definition) is 1. The van der Waals surface area contributed by atoms with Gasteiger partial charge in [-0.05, 0) is 44.0 Å². The average molecular weight is 251 g/mol. The molecule has 1 aromatic carbocycles. The van der Waals surface area contributed by atoms with Gasteiger partial charge in [0, 0.05) is 11.7 Å². The van der Waals surface area contributed by atoms with Crippen LogP contribution in [-0.4, -0.2) is 6.04 Å². The number of aryl methyl sites for hydroxylation is 1. The summed E-state index contributed by atoms with van der Waals surface area (Å²) in [5, 5.41) is 3.43. The summed E-state index contributed by atoms with van der Waals surface area (Å²) in [6, 6.07) is 5.68. The number of unbranched alkanes of at least 4 members (excludes halogenated alkanes) is 4. The molecular weight excluding hydrogens is 225 g/mol. The van der Waals surface area contributed by atoms with Gasteiger partial charge in [-0.2, -0.15) is 0 Å². The van der Waals surface area contributed by atoms with Crippen molar-refractivity contribution in [1.82, 2.24) is 0 Å². The zero-order valence-electron chi connectivity index (χ0n) is 11.9. The smallest absolute Gasteiger partial charge is 0.126 e. The van der Waals surface area contributed by atoms with E-state index in [1.165, 1.54) is 44.6 Å². The predicted octanol–water partition coefficient (Wildman–Crippen LogP) is 5.30. The van der Waals surface area contributed by atoms with Crippen molar-refractivity contribution in [2.24, 2.45) is 0 Å². The second-order valence-electron chi connectivity index (χ2n) is 5.21. The molecule has 0 spiro atoms. The highest BCUT2D eigenvalue weighted by Gasteiger charge is 2.03. The Labute approximate surface area is 111 Å². The number of halogens is 1. The van der Waals surface area contributed by atoms with Crippen molar-refractivity contribution in [3.63, 3.8) is 0 Å². The lowest BCUT2D eigenvalue weighted by Crippen LogP contribution is -2.15. The van der Waals surface area contributed by atoms with E-state index in [4.69, 9.17) is 0 Å². The van der Waals surface area contributed by atoms with Crippen LogP contribution < -0.4 is 5.32 Å². The van der Waals surface area contributed by atoms with Crippen LogP contribution in [0.5, 0.6) is 0 Å². The van der Waals surface area contributed by atoms with Crippen molar-refractivity contribution in [2.75, 3.05) is 5.32 Å². The average Bonchev–Trinajstić information content (AvgIpc) is 2.34. The number of hydrogen-bond donors (Lipinski definition) is 1. The molecule has 0 aromatic heterocycles. The molecule has 0 bridgehead atoms. The standard InChI is InChI=1S/C16H26FN/c1-4-5-6-7-8-9-14(3)18-15-10-11-16(17)13(2)12-15/h10-12,14,18H,4-9H2,1-3H3. The first-order chi connectivity index (χ1) is 8.63. The van der Waals surface area contributed by atoms with Gasteiger partial charge in [0.25, 0.3) is 0 Å². The van der Waals surface area contributed by atoms with Crippen molar-refractivity contribution in [3.05, 3.63) is 29.6 Å². The minimum atomic E-state index is -0.132. The number of benzene rings is 1. The zero-order valence-corrected chi connectivity index (χ0v) is 11.9. The SMILES string of the molecule is CCCCCCCC(C)Nc1ccc(F)c(C)c1. The summed E-state index contributed by atoms with van der Waals surface area (Å²) >= 11 is 0. The Morgan fingerprint density at radius 2 is 1.89 bits per heavy atom. The Hall–Kier alpha value is -1.05. The fourth-order valence-corrected chi connectivity index (χ4v) is 2.15.